The van der Waals surface area contributed by atoms with Crippen LogP contribution in [0.15, 0.2) is 0 Å². The summed E-state index contributed by atoms with van der Waals surface area (Å²) in [6.07, 6.45) is 0.444. The molecule has 0 amide bonds. The highest BCUT2D eigenvalue weighted by molar-refractivity contribution is 6.09. The van der Waals surface area contributed by atoms with Crippen molar-refractivity contribution in [2.45, 2.75) is 53.6 Å². The summed E-state index contributed by atoms with van der Waals surface area (Å²) >= 11 is 0. The molecular formula is C14H20O5. The van der Waals surface area contributed by atoms with Gasteiger partial charge in [-0.15, -0.1) is 0 Å². The molecule has 2 fully saturated rings. The van der Waals surface area contributed by atoms with E-state index in [4.69, 9.17) is 9.47 Å². The van der Waals surface area contributed by atoms with Crippen molar-refractivity contribution in [3.63, 3.8) is 0 Å². The second-order valence-electron chi connectivity index (χ2n) is 6.49. The first-order chi connectivity index (χ1) is 8.59. The summed E-state index contributed by atoms with van der Waals surface area (Å²) in [7, 11) is 0. The Morgan fingerprint density at radius 3 is 2.26 bits per heavy atom. The van der Waals surface area contributed by atoms with E-state index in [0.717, 1.165) is 0 Å². The fourth-order valence-corrected chi connectivity index (χ4v) is 3.29. The molecule has 1 saturated carbocycles. The molecule has 0 spiro atoms. The number of esters is 3. The average Bonchev–Trinajstić information content (AvgIpc) is 2.40. The minimum absolute atomic E-state index is 0.298. The first kappa shape index (κ1) is 14.0. The van der Waals surface area contributed by atoms with E-state index in [1.807, 2.05) is 0 Å². The van der Waals surface area contributed by atoms with Crippen LogP contribution < -0.4 is 0 Å². The Bertz CT molecular complexity index is 464. The monoisotopic (exact) mass is 268 g/mol. The van der Waals surface area contributed by atoms with Gasteiger partial charge in [0.15, 0.2) is 5.41 Å². The summed E-state index contributed by atoms with van der Waals surface area (Å²) in [5.41, 5.74) is -2.99. The molecule has 0 N–H and O–H groups in total. The standard InChI is InChI=1S/C14H20O5/c1-8(2)18-10(16)14-7-6-13(5,12(14,3)4)9(15)19-11(14)17/h8H,6-7H2,1-5H3. The van der Waals surface area contributed by atoms with Crippen LogP contribution in [0.5, 0.6) is 0 Å². The fraction of sp³-hybridized carbons (Fsp3) is 0.786. The SMILES string of the molecule is CC(C)OC(=O)C12CCC(C)(C(=O)OC1=O)C2(C)C. The van der Waals surface area contributed by atoms with Gasteiger partial charge in [0.05, 0.1) is 11.5 Å². The van der Waals surface area contributed by atoms with Gasteiger partial charge in [-0.25, -0.2) is 0 Å². The number of rotatable bonds is 2. The van der Waals surface area contributed by atoms with Crippen molar-refractivity contribution in [2.75, 3.05) is 0 Å². The lowest BCUT2D eigenvalue weighted by Crippen LogP contribution is -2.60. The van der Waals surface area contributed by atoms with Crippen molar-refractivity contribution in [2.24, 2.45) is 16.2 Å². The lowest BCUT2D eigenvalue weighted by atomic mass is 9.57. The third-order valence-corrected chi connectivity index (χ3v) is 5.12. The summed E-state index contributed by atoms with van der Waals surface area (Å²) in [4.78, 5) is 36.6. The van der Waals surface area contributed by atoms with Crippen LogP contribution in [-0.4, -0.2) is 24.0 Å². The molecule has 0 aromatic carbocycles. The molecule has 2 bridgehead atoms. The van der Waals surface area contributed by atoms with E-state index in [1.165, 1.54) is 0 Å². The van der Waals surface area contributed by atoms with Crippen LogP contribution in [0.4, 0.5) is 0 Å². The van der Waals surface area contributed by atoms with E-state index in [0.29, 0.717) is 12.8 Å². The van der Waals surface area contributed by atoms with Gasteiger partial charge in [0.1, 0.15) is 0 Å². The molecule has 1 heterocycles. The Hall–Kier alpha value is -1.39. The number of carbonyl (C=O) groups is 3. The topological polar surface area (TPSA) is 69.7 Å². The molecule has 5 nitrogen and oxygen atoms in total. The molecule has 0 radical (unpaired) electrons. The summed E-state index contributed by atoms with van der Waals surface area (Å²) in [5.74, 6) is -1.87. The van der Waals surface area contributed by atoms with Crippen molar-refractivity contribution >= 4 is 17.9 Å². The second-order valence-corrected chi connectivity index (χ2v) is 6.49. The first-order valence-corrected chi connectivity index (χ1v) is 6.57. The van der Waals surface area contributed by atoms with Crippen LogP contribution >= 0.6 is 0 Å². The summed E-state index contributed by atoms with van der Waals surface area (Å²) in [6.45, 7) is 8.77. The molecule has 1 aliphatic carbocycles. The fourth-order valence-electron chi connectivity index (χ4n) is 3.29. The van der Waals surface area contributed by atoms with Crippen LogP contribution in [0, 0.1) is 16.2 Å². The molecule has 2 aliphatic rings. The van der Waals surface area contributed by atoms with Gasteiger partial charge in [0, 0.05) is 5.41 Å². The number of hydrogen-bond acceptors (Lipinski definition) is 5. The highest BCUT2D eigenvalue weighted by Crippen LogP contribution is 2.66. The van der Waals surface area contributed by atoms with Gasteiger partial charge in [0.25, 0.3) is 0 Å². The largest absolute Gasteiger partial charge is 0.462 e. The van der Waals surface area contributed by atoms with Gasteiger partial charge < -0.3 is 9.47 Å². The molecular weight excluding hydrogens is 248 g/mol. The molecule has 1 aliphatic heterocycles. The Labute approximate surface area is 112 Å². The van der Waals surface area contributed by atoms with Crippen LogP contribution in [-0.2, 0) is 23.9 Å². The van der Waals surface area contributed by atoms with Crippen molar-refractivity contribution in [1.29, 1.82) is 0 Å². The van der Waals surface area contributed by atoms with Gasteiger partial charge in [-0.05, 0) is 33.6 Å². The summed E-state index contributed by atoms with van der Waals surface area (Å²) in [6, 6.07) is 0. The van der Waals surface area contributed by atoms with E-state index in [2.05, 4.69) is 0 Å². The minimum atomic E-state index is -1.36. The zero-order valence-corrected chi connectivity index (χ0v) is 12.0. The lowest BCUT2D eigenvalue weighted by molar-refractivity contribution is -0.204. The van der Waals surface area contributed by atoms with Crippen molar-refractivity contribution in [3.8, 4) is 0 Å². The number of ether oxygens (including phenoxy) is 2. The summed E-state index contributed by atoms with van der Waals surface area (Å²) in [5, 5.41) is 0. The maximum Gasteiger partial charge on any atom is 0.331 e. The van der Waals surface area contributed by atoms with Gasteiger partial charge >= 0.3 is 17.9 Å². The minimum Gasteiger partial charge on any atom is -0.462 e. The Kier molecular flexibility index (Phi) is 2.81. The van der Waals surface area contributed by atoms with Crippen LogP contribution in [0.2, 0.25) is 0 Å². The molecule has 19 heavy (non-hydrogen) atoms. The van der Waals surface area contributed by atoms with Crippen molar-refractivity contribution in [3.05, 3.63) is 0 Å². The van der Waals surface area contributed by atoms with Crippen LogP contribution in [0.25, 0.3) is 0 Å². The maximum atomic E-state index is 12.4. The van der Waals surface area contributed by atoms with Crippen molar-refractivity contribution < 1.29 is 23.9 Å². The maximum absolute atomic E-state index is 12.4. The lowest BCUT2D eigenvalue weighted by Gasteiger charge is -2.47. The van der Waals surface area contributed by atoms with E-state index >= 15 is 0 Å². The zero-order valence-electron chi connectivity index (χ0n) is 12.0. The molecule has 2 rings (SSSR count). The highest BCUT2D eigenvalue weighted by atomic mass is 16.6. The first-order valence-electron chi connectivity index (χ1n) is 6.57. The van der Waals surface area contributed by atoms with E-state index in [-0.39, 0.29) is 6.10 Å². The number of hydrogen-bond donors (Lipinski definition) is 0. The number of carbonyl (C=O) groups excluding carboxylic acids is 3. The quantitative estimate of drug-likeness (QED) is 0.564. The van der Waals surface area contributed by atoms with E-state index in [1.54, 1.807) is 34.6 Å². The Balaban J connectivity index is 2.53. The average molecular weight is 268 g/mol. The Morgan fingerprint density at radius 1 is 1.16 bits per heavy atom. The third-order valence-electron chi connectivity index (χ3n) is 5.12. The Morgan fingerprint density at radius 2 is 1.74 bits per heavy atom. The third kappa shape index (κ3) is 1.44. The molecule has 2 atom stereocenters. The van der Waals surface area contributed by atoms with Crippen molar-refractivity contribution in [1.82, 2.24) is 0 Å². The molecule has 1 saturated heterocycles. The van der Waals surface area contributed by atoms with Gasteiger partial charge in [0.2, 0.25) is 0 Å². The zero-order chi connectivity index (χ0) is 14.6. The molecule has 0 aromatic rings. The number of fused-ring (bicyclic) bond motifs is 2. The van der Waals surface area contributed by atoms with Crippen LogP contribution in [0.1, 0.15) is 47.5 Å². The molecule has 5 heteroatoms. The van der Waals surface area contributed by atoms with E-state index in [9.17, 15) is 14.4 Å². The van der Waals surface area contributed by atoms with Gasteiger partial charge in [-0.3, -0.25) is 14.4 Å². The van der Waals surface area contributed by atoms with Gasteiger partial charge in [-0.2, -0.15) is 0 Å². The second kappa shape index (κ2) is 3.81. The van der Waals surface area contributed by atoms with Gasteiger partial charge in [-0.1, -0.05) is 13.8 Å². The summed E-state index contributed by atoms with van der Waals surface area (Å²) < 4.78 is 10.1. The normalized spacial score (nSPS) is 36.3. The smallest absolute Gasteiger partial charge is 0.331 e. The predicted octanol–water partition coefficient (Wildman–Crippen LogP) is 1.83. The predicted molar refractivity (Wildman–Crippen MR) is 65.9 cm³/mol. The van der Waals surface area contributed by atoms with E-state index < -0.39 is 34.2 Å². The van der Waals surface area contributed by atoms with Crippen LogP contribution in [0.3, 0.4) is 0 Å². The molecule has 106 valence electrons. The highest BCUT2D eigenvalue weighted by Gasteiger charge is 2.76. The molecule has 0 aromatic heterocycles. The number of cyclic esters (lactones) is 2. The molecule has 2 unspecified atom stereocenters.